The summed E-state index contributed by atoms with van der Waals surface area (Å²) >= 11 is 0. The van der Waals surface area contributed by atoms with E-state index in [2.05, 4.69) is 16.4 Å². The maximum Gasteiger partial charge on any atom is 0.508 e. The van der Waals surface area contributed by atoms with E-state index in [0.717, 1.165) is 6.42 Å². The van der Waals surface area contributed by atoms with Gasteiger partial charge in [-0.1, -0.05) is 31.9 Å². The van der Waals surface area contributed by atoms with Gasteiger partial charge in [0.1, 0.15) is 6.61 Å². The second-order valence-corrected chi connectivity index (χ2v) is 2.38. The number of carbonyl (C=O) groups excluding carboxylic acids is 1. The predicted octanol–water partition coefficient (Wildman–Crippen LogP) is 2.52. The van der Waals surface area contributed by atoms with Gasteiger partial charge in [0, 0.05) is 0 Å². The van der Waals surface area contributed by atoms with Crippen LogP contribution < -0.4 is 0 Å². The van der Waals surface area contributed by atoms with Crippen LogP contribution in [-0.4, -0.2) is 19.9 Å². The maximum absolute atomic E-state index is 10.4. The van der Waals surface area contributed by atoms with Crippen LogP contribution in [0, 0.1) is 0 Å². The lowest BCUT2D eigenvalue weighted by Gasteiger charge is -1.97. The molecule has 0 atom stereocenters. The van der Waals surface area contributed by atoms with E-state index in [0.29, 0.717) is 6.61 Å². The van der Waals surface area contributed by atoms with Gasteiger partial charge < -0.3 is 9.47 Å². The molecule has 0 aliphatic heterocycles. The quantitative estimate of drug-likeness (QED) is 0.363. The monoisotopic (exact) mass is 172 g/mol. The first-order chi connectivity index (χ1) is 5.81. The molecule has 0 aromatic heterocycles. The minimum atomic E-state index is -0.629. The molecule has 0 saturated carbocycles. The number of hydrogen-bond acceptors (Lipinski definition) is 3. The van der Waals surface area contributed by atoms with Gasteiger partial charge in [0.15, 0.2) is 0 Å². The van der Waals surface area contributed by atoms with Crippen LogP contribution in [0.4, 0.5) is 4.79 Å². The average Bonchev–Trinajstić information content (AvgIpc) is 2.10. The Labute approximate surface area is 73.4 Å². The fraction of sp³-hybridized carbons (Fsp3) is 0.667. The highest BCUT2D eigenvalue weighted by Gasteiger charge is 1.94. The molecule has 3 nitrogen and oxygen atoms in total. The van der Waals surface area contributed by atoms with Gasteiger partial charge in [-0.2, -0.15) is 0 Å². The Hall–Kier alpha value is -0.990. The second-order valence-electron chi connectivity index (χ2n) is 2.38. The smallest absolute Gasteiger partial charge is 0.438 e. The third-order valence-corrected chi connectivity index (χ3v) is 1.36. The normalized spacial score (nSPS) is 10.2. The summed E-state index contributed by atoms with van der Waals surface area (Å²) in [4.78, 5) is 10.4. The van der Waals surface area contributed by atoms with E-state index in [1.165, 1.54) is 20.0 Å². The molecule has 0 fully saturated rings. The fourth-order valence-corrected chi connectivity index (χ4v) is 0.683. The zero-order chi connectivity index (χ0) is 9.23. The molecule has 70 valence electrons. The number of ether oxygens (including phenoxy) is 2. The highest BCUT2D eigenvalue weighted by molar-refractivity contribution is 5.59. The Bertz CT molecular complexity index is 141. The molecule has 3 heteroatoms. The highest BCUT2D eigenvalue weighted by atomic mass is 16.7. The van der Waals surface area contributed by atoms with Gasteiger partial charge in [-0.05, 0) is 6.42 Å². The first-order valence-corrected chi connectivity index (χ1v) is 4.17. The minimum absolute atomic E-state index is 0.302. The lowest BCUT2D eigenvalue weighted by Crippen LogP contribution is -2.03. The molecule has 0 aromatic rings. The summed E-state index contributed by atoms with van der Waals surface area (Å²) in [6.07, 6.45) is 6.60. The maximum atomic E-state index is 10.4. The molecule has 0 heterocycles. The summed E-state index contributed by atoms with van der Waals surface area (Å²) < 4.78 is 8.91. The number of allylic oxidation sites excluding steroid dienone is 1. The Kier molecular flexibility index (Phi) is 7.44. The van der Waals surface area contributed by atoms with Crippen molar-refractivity contribution in [3.63, 3.8) is 0 Å². The average molecular weight is 172 g/mol. The van der Waals surface area contributed by atoms with E-state index >= 15 is 0 Å². The van der Waals surface area contributed by atoms with E-state index in [1.54, 1.807) is 0 Å². The van der Waals surface area contributed by atoms with E-state index < -0.39 is 6.16 Å². The summed E-state index contributed by atoms with van der Waals surface area (Å²) in [5.41, 5.74) is 0. The van der Waals surface area contributed by atoms with Gasteiger partial charge in [-0.3, -0.25) is 0 Å². The standard InChI is InChI=1S/C9H16O3/c1-3-4-5-6-7-8-12-9(10)11-2/h6-7H,3-5,8H2,1-2H3/b7-6+. The first kappa shape index (κ1) is 11.0. The van der Waals surface area contributed by atoms with Crippen molar-refractivity contribution in [2.45, 2.75) is 26.2 Å². The van der Waals surface area contributed by atoms with E-state index in [4.69, 9.17) is 0 Å². The van der Waals surface area contributed by atoms with Gasteiger partial charge in [-0.15, -0.1) is 0 Å². The van der Waals surface area contributed by atoms with Crippen molar-refractivity contribution < 1.29 is 14.3 Å². The summed E-state index contributed by atoms with van der Waals surface area (Å²) in [6, 6.07) is 0. The number of hydrogen-bond donors (Lipinski definition) is 0. The zero-order valence-electron chi connectivity index (χ0n) is 7.71. The van der Waals surface area contributed by atoms with Crippen molar-refractivity contribution >= 4 is 6.16 Å². The topological polar surface area (TPSA) is 35.5 Å². The molecule has 12 heavy (non-hydrogen) atoms. The third-order valence-electron chi connectivity index (χ3n) is 1.36. The van der Waals surface area contributed by atoms with Crippen LogP contribution in [0.2, 0.25) is 0 Å². The number of methoxy groups -OCH3 is 1. The minimum Gasteiger partial charge on any atom is -0.438 e. The van der Waals surface area contributed by atoms with E-state index in [9.17, 15) is 4.79 Å². The van der Waals surface area contributed by atoms with Crippen LogP contribution >= 0.6 is 0 Å². The Balaban J connectivity index is 3.18. The fourth-order valence-electron chi connectivity index (χ4n) is 0.683. The largest absolute Gasteiger partial charge is 0.508 e. The predicted molar refractivity (Wildman–Crippen MR) is 47.0 cm³/mol. The molecule has 0 N–H and O–H groups in total. The third kappa shape index (κ3) is 7.12. The highest BCUT2D eigenvalue weighted by Crippen LogP contribution is 1.94. The molecule has 0 bridgehead atoms. The van der Waals surface area contributed by atoms with Crippen molar-refractivity contribution in [3.8, 4) is 0 Å². The van der Waals surface area contributed by atoms with Crippen molar-refractivity contribution in [3.05, 3.63) is 12.2 Å². The van der Waals surface area contributed by atoms with Gasteiger partial charge in [-0.25, -0.2) is 4.79 Å². The van der Waals surface area contributed by atoms with Crippen LogP contribution in [0.25, 0.3) is 0 Å². The van der Waals surface area contributed by atoms with Gasteiger partial charge >= 0.3 is 6.16 Å². The first-order valence-electron chi connectivity index (χ1n) is 4.17. The second kappa shape index (κ2) is 8.11. The summed E-state index contributed by atoms with van der Waals surface area (Å²) in [5.74, 6) is 0. The SMILES string of the molecule is CCCC/C=C/COC(=O)OC. The molecular formula is C9H16O3. The van der Waals surface area contributed by atoms with Crippen LogP contribution in [0.15, 0.2) is 12.2 Å². The molecule has 0 amide bonds. The van der Waals surface area contributed by atoms with Gasteiger partial charge in [0.25, 0.3) is 0 Å². The molecule has 0 spiro atoms. The van der Waals surface area contributed by atoms with E-state index in [-0.39, 0.29) is 0 Å². The lowest BCUT2D eigenvalue weighted by molar-refractivity contribution is 0.0817. The number of carbonyl (C=O) groups is 1. The van der Waals surface area contributed by atoms with Crippen LogP contribution in [-0.2, 0) is 9.47 Å². The molecule has 0 rings (SSSR count). The molecular weight excluding hydrogens is 156 g/mol. The summed E-state index contributed by atoms with van der Waals surface area (Å²) in [7, 11) is 1.29. The molecule has 0 aliphatic rings. The van der Waals surface area contributed by atoms with Gasteiger partial charge in [0.05, 0.1) is 7.11 Å². The summed E-state index contributed by atoms with van der Waals surface area (Å²) in [6.45, 7) is 2.44. The Morgan fingerprint density at radius 1 is 1.42 bits per heavy atom. The zero-order valence-corrected chi connectivity index (χ0v) is 7.71. The molecule has 0 saturated heterocycles. The van der Waals surface area contributed by atoms with Crippen molar-refractivity contribution in [2.75, 3.05) is 13.7 Å². The number of unbranched alkanes of at least 4 members (excludes halogenated alkanes) is 2. The molecule has 0 radical (unpaired) electrons. The lowest BCUT2D eigenvalue weighted by atomic mass is 10.2. The van der Waals surface area contributed by atoms with Gasteiger partial charge in [0.2, 0.25) is 0 Å². The number of rotatable bonds is 5. The Morgan fingerprint density at radius 3 is 2.75 bits per heavy atom. The molecule has 0 aromatic carbocycles. The van der Waals surface area contributed by atoms with Crippen molar-refractivity contribution in [1.82, 2.24) is 0 Å². The van der Waals surface area contributed by atoms with E-state index in [1.807, 2.05) is 12.2 Å². The van der Waals surface area contributed by atoms with Crippen LogP contribution in [0.1, 0.15) is 26.2 Å². The van der Waals surface area contributed by atoms with Crippen molar-refractivity contribution in [2.24, 2.45) is 0 Å². The van der Waals surface area contributed by atoms with Crippen LogP contribution in [0.3, 0.4) is 0 Å². The van der Waals surface area contributed by atoms with Crippen LogP contribution in [0.5, 0.6) is 0 Å². The Morgan fingerprint density at radius 2 is 2.17 bits per heavy atom. The van der Waals surface area contributed by atoms with Crippen molar-refractivity contribution in [1.29, 1.82) is 0 Å². The summed E-state index contributed by atoms with van der Waals surface area (Å²) in [5, 5.41) is 0. The molecule has 0 aliphatic carbocycles. The molecule has 0 unspecified atom stereocenters.